The van der Waals surface area contributed by atoms with Crippen molar-refractivity contribution in [1.29, 1.82) is 0 Å². The third kappa shape index (κ3) is 3.25. The second-order valence-electron chi connectivity index (χ2n) is 6.79. The molecule has 3 nitrogen and oxygen atoms in total. The van der Waals surface area contributed by atoms with E-state index < -0.39 is 0 Å². The largest absolute Gasteiger partial charge is 0.385 e. The SMILES string of the molecule is COCCCCN1CC(C)(C)NCC12CCCC2. The van der Waals surface area contributed by atoms with Crippen molar-refractivity contribution in [2.24, 2.45) is 0 Å². The molecule has 0 aromatic carbocycles. The van der Waals surface area contributed by atoms with Crippen molar-refractivity contribution in [3.8, 4) is 0 Å². The number of methoxy groups -OCH3 is 1. The molecule has 0 atom stereocenters. The second kappa shape index (κ2) is 5.89. The average Bonchev–Trinajstić information content (AvgIpc) is 2.79. The number of unbranched alkanes of at least 4 members (excludes halogenated alkanes) is 1. The molecule has 1 saturated heterocycles. The lowest BCUT2D eigenvalue weighted by Gasteiger charge is -2.51. The zero-order valence-corrected chi connectivity index (χ0v) is 12.4. The number of hydrogen-bond acceptors (Lipinski definition) is 3. The van der Waals surface area contributed by atoms with E-state index in [-0.39, 0.29) is 5.54 Å². The minimum atomic E-state index is 0.273. The molecule has 1 spiro atoms. The highest BCUT2D eigenvalue weighted by Gasteiger charge is 2.45. The predicted molar refractivity (Wildman–Crippen MR) is 76.0 cm³/mol. The zero-order chi connectivity index (χ0) is 13.1. The van der Waals surface area contributed by atoms with E-state index in [4.69, 9.17) is 4.74 Å². The quantitative estimate of drug-likeness (QED) is 0.763. The van der Waals surface area contributed by atoms with Crippen molar-refractivity contribution in [3.63, 3.8) is 0 Å². The van der Waals surface area contributed by atoms with Gasteiger partial charge in [-0.2, -0.15) is 0 Å². The van der Waals surface area contributed by atoms with Crippen LogP contribution in [0, 0.1) is 0 Å². The maximum Gasteiger partial charge on any atom is 0.0462 e. The van der Waals surface area contributed by atoms with E-state index in [1.165, 1.54) is 58.2 Å². The van der Waals surface area contributed by atoms with Gasteiger partial charge in [0.15, 0.2) is 0 Å². The van der Waals surface area contributed by atoms with Gasteiger partial charge in [0, 0.05) is 37.9 Å². The Morgan fingerprint density at radius 3 is 2.56 bits per heavy atom. The summed E-state index contributed by atoms with van der Waals surface area (Å²) in [5.41, 5.74) is 0.748. The Balaban J connectivity index is 1.92. The van der Waals surface area contributed by atoms with Crippen molar-refractivity contribution < 1.29 is 4.74 Å². The lowest BCUT2D eigenvalue weighted by Crippen LogP contribution is -2.67. The summed E-state index contributed by atoms with van der Waals surface area (Å²) in [5, 5.41) is 3.76. The lowest BCUT2D eigenvalue weighted by molar-refractivity contribution is 0.0165. The highest BCUT2D eigenvalue weighted by molar-refractivity contribution is 5.04. The number of hydrogen-bond donors (Lipinski definition) is 1. The van der Waals surface area contributed by atoms with Gasteiger partial charge in [-0.15, -0.1) is 0 Å². The Kier molecular flexibility index (Phi) is 4.68. The molecule has 106 valence electrons. The smallest absolute Gasteiger partial charge is 0.0462 e. The predicted octanol–water partition coefficient (Wildman–Crippen LogP) is 2.41. The van der Waals surface area contributed by atoms with Crippen LogP contribution in [0.5, 0.6) is 0 Å². The molecule has 0 bridgehead atoms. The molecule has 1 saturated carbocycles. The summed E-state index contributed by atoms with van der Waals surface area (Å²) in [5.74, 6) is 0. The van der Waals surface area contributed by atoms with E-state index in [2.05, 4.69) is 24.1 Å². The maximum atomic E-state index is 5.16. The summed E-state index contributed by atoms with van der Waals surface area (Å²) >= 11 is 0. The Morgan fingerprint density at radius 2 is 1.89 bits per heavy atom. The Morgan fingerprint density at radius 1 is 1.17 bits per heavy atom. The molecule has 3 heteroatoms. The first kappa shape index (κ1) is 14.3. The summed E-state index contributed by atoms with van der Waals surface area (Å²) in [4.78, 5) is 2.78. The summed E-state index contributed by atoms with van der Waals surface area (Å²) in [6, 6.07) is 0. The van der Waals surface area contributed by atoms with Gasteiger partial charge >= 0.3 is 0 Å². The molecule has 0 radical (unpaired) electrons. The first-order valence-corrected chi connectivity index (χ1v) is 7.57. The van der Waals surface area contributed by atoms with E-state index in [1.54, 1.807) is 7.11 Å². The average molecular weight is 254 g/mol. The second-order valence-corrected chi connectivity index (χ2v) is 6.79. The number of rotatable bonds is 5. The van der Waals surface area contributed by atoms with Gasteiger partial charge in [0.1, 0.15) is 0 Å². The van der Waals surface area contributed by atoms with Crippen LogP contribution in [0.2, 0.25) is 0 Å². The summed E-state index contributed by atoms with van der Waals surface area (Å²) < 4.78 is 5.16. The lowest BCUT2D eigenvalue weighted by atomic mass is 9.87. The van der Waals surface area contributed by atoms with Gasteiger partial charge in [0.25, 0.3) is 0 Å². The Hall–Kier alpha value is -0.120. The molecule has 1 heterocycles. The number of nitrogens with one attached hydrogen (secondary N) is 1. The van der Waals surface area contributed by atoms with Gasteiger partial charge < -0.3 is 10.1 Å². The molecule has 0 aromatic rings. The molecule has 2 rings (SSSR count). The van der Waals surface area contributed by atoms with Gasteiger partial charge in [-0.1, -0.05) is 12.8 Å². The summed E-state index contributed by atoms with van der Waals surface area (Å²) in [6.07, 6.45) is 8.07. The summed E-state index contributed by atoms with van der Waals surface area (Å²) in [6.45, 7) is 9.19. The van der Waals surface area contributed by atoms with Gasteiger partial charge in [0.05, 0.1) is 0 Å². The van der Waals surface area contributed by atoms with Crippen molar-refractivity contribution in [2.45, 2.75) is 63.5 Å². The number of ether oxygens (including phenoxy) is 1. The molecule has 1 N–H and O–H groups in total. The molecular formula is C15H30N2O. The molecule has 0 aromatic heterocycles. The fourth-order valence-electron chi connectivity index (χ4n) is 3.61. The van der Waals surface area contributed by atoms with Crippen molar-refractivity contribution in [2.75, 3.05) is 33.4 Å². The molecule has 1 aliphatic heterocycles. The van der Waals surface area contributed by atoms with Crippen molar-refractivity contribution in [3.05, 3.63) is 0 Å². The van der Waals surface area contributed by atoms with E-state index in [0.717, 1.165) is 6.61 Å². The van der Waals surface area contributed by atoms with E-state index >= 15 is 0 Å². The normalized spacial score (nSPS) is 26.8. The first-order valence-electron chi connectivity index (χ1n) is 7.57. The van der Waals surface area contributed by atoms with Crippen molar-refractivity contribution in [1.82, 2.24) is 10.2 Å². The summed E-state index contributed by atoms with van der Waals surface area (Å²) in [7, 11) is 1.80. The van der Waals surface area contributed by atoms with Crippen LogP contribution in [0.15, 0.2) is 0 Å². The minimum absolute atomic E-state index is 0.273. The van der Waals surface area contributed by atoms with Gasteiger partial charge in [-0.25, -0.2) is 0 Å². The first-order chi connectivity index (χ1) is 8.58. The molecule has 0 amide bonds. The Labute approximate surface area is 112 Å². The highest BCUT2D eigenvalue weighted by atomic mass is 16.5. The third-order valence-corrected chi connectivity index (χ3v) is 4.71. The van der Waals surface area contributed by atoms with E-state index in [0.29, 0.717) is 5.54 Å². The van der Waals surface area contributed by atoms with Crippen LogP contribution in [-0.4, -0.2) is 49.3 Å². The number of nitrogens with zero attached hydrogens (tertiary/aromatic N) is 1. The topological polar surface area (TPSA) is 24.5 Å². The van der Waals surface area contributed by atoms with Crippen LogP contribution in [0.25, 0.3) is 0 Å². The molecular weight excluding hydrogens is 224 g/mol. The van der Waals surface area contributed by atoms with Crippen LogP contribution >= 0.6 is 0 Å². The van der Waals surface area contributed by atoms with Crippen LogP contribution < -0.4 is 5.32 Å². The maximum absolute atomic E-state index is 5.16. The van der Waals surface area contributed by atoms with E-state index in [1.807, 2.05) is 0 Å². The standard InChI is InChI=1S/C15H30N2O/c1-14(2)13-17(10-6-7-11-18-3)15(12-16-14)8-4-5-9-15/h16H,4-13H2,1-3H3. The molecule has 0 unspecified atom stereocenters. The third-order valence-electron chi connectivity index (χ3n) is 4.71. The molecule has 2 fully saturated rings. The highest BCUT2D eigenvalue weighted by Crippen LogP contribution is 2.38. The molecule has 2 aliphatic rings. The molecule has 1 aliphatic carbocycles. The van der Waals surface area contributed by atoms with Crippen LogP contribution in [0.3, 0.4) is 0 Å². The van der Waals surface area contributed by atoms with Crippen LogP contribution in [0.1, 0.15) is 52.4 Å². The van der Waals surface area contributed by atoms with Gasteiger partial charge in [-0.05, 0) is 46.1 Å². The van der Waals surface area contributed by atoms with Crippen LogP contribution in [-0.2, 0) is 4.74 Å². The monoisotopic (exact) mass is 254 g/mol. The van der Waals surface area contributed by atoms with Crippen LogP contribution in [0.4, 0.5) is 0 Å². The Bertz CT molecular complexity index is 259. The zero-order valence-electron chi connectivity index (χ0n) is 12.4. The minimum Gasteiger partial charge on any atom is -0.385 e. The van der Waals surface area contributed by atoms with Gasteiger partial charge in [-0.3, -0.25) is 4.90 Å². The molecule has 18 heavy (non-hydrogen) atoms. The van der Waals surface area contributed by atoms with Gasteiger partial charge in [0.2, 0.25) is 0 Å². The van der Waals surface area contributed by atoms with Crippen molar-refractivity contribution >= 4 is 0 Å². The van der Waals surface area contributed by atoms with E-state index in [9.17, 15) is 0 Å². The fraction of sp³-hybridized carbons (Fsp3) is 1.00. The number of piperazine rings is 1. The fourth-order valence-corrected chi connectivity index (χ4v) is 3.61.